The molecule has 1 unspecified atom stereocenters. The maximum atomic E-state index is 12.9. The maximum absolute atomic E-state index is 12.9. The first kappa shape index (κ1) is 14.9. The van der Waals surface area contributed by atoms with Gasteiger partial charge >= 0.3 is 6.18 Å². The van der Waals surface area contributed by atoms with Crippen molar-refractivity contribution in [1.82, 2.24) is 9.88 Å². The highest BCUT2D eigenvalue weighted by Crippen LogP contribution is 2.33. The maximum Gasteiger partial charge on any atom is 0.416 e. The Kier molecular flexibility index (Phi) is 4.08. The number of halogens is 3. The topological polar surface area (TPSA) is 31.4 Å². The summed E-state index contributed by atoms with van der Waals surface area (Å²) >= 11 is 0. The van der Waals surface area contributed by atoms with Gasteiger partial charge in [0.15, 0.2) is 0 Å². The van der Waals surface area contributed by atoms with Crippen molar-refractivity contribution in [1.29, 1.82) is 0 Å². The number of rotatable bonds is 2. The van der Waals surface area contributed by atoms with Gasteiger partial charge in [-0.25, -0.2) is 4.98 Å². The van der Waals surface area contributed by atoms with E-state index < -0.39 is 11.7 Å². The third-order valence-corrected chi connectivity index (χ3v) is 3.52. The van der Waals surface area contributed by atoms with Gasteiger partial charge in [-0.15, -0.1) is 0 Å². The molecule has 1 aliphatic rings. The minimum Gasteiger partial charge on any atom is -0.373 e. The Morgan fingerprint density at radius 1 is 1.30 bits per heavy atom. The Morgan fingerprint density at radius 3 is 2.55 bits per heavy atom. The first-order chi connectivity index (χ1) is 9.31. The molecule has 0 amide bonds. The summed E-state index contributed by atoms with van der Waals surface area (Å²) in [5, 5.41) is 2.69. The number of alkyl halides is 3. The zero-order valence-corrected chi connectivity index (χ0v) is 11.8. The molecule has 1 N–H and O–H groups in total. The molecule has 0 saturated carbocycles. The van der Waals surface area contributed by atoms with Gasteiger partial charge in [0.1, 0.15) is 11.6 Å². The fraction of sp³-hybridized carbons (Fsp3) is 0.615. The van der Waals surface area contributed by atoms with Crippen molar-refractivity contribution in [3.63, 3.8) is 0 Å². The highest BCUT2D eigenvalue weighted by molar-refractivity contribution is 5.52. The first-order valence-corrected chi connectivity index (χ1v) is 6.53. The largest absolute Gasteiger partial charge is 0.416 e. The van der Waals surface area contributed by atoms with Crippen LogP contribution in [0.3, 0.4) is 0 Å². The van der Waals surface area contributed by atoms with E-state index in [1.165, 1.54) is 0 Å². The van der Waals surface area contributed by atoms with Crippen LogP contribution in [0.5, 0.6) is 0 Å². The summed E-state index contributed by atoms with van der Waals surface area (Å²) in [6.07, 6.45) is -4.36. The molecule has 7 heteroatoms. The SMILES string of the molecule is CNc1cc(C(F)(F)F)cc(N2CCN(C)CC2C)n1. The van der Waals surface area contributed by atoms with Gasteiger partial charge < -0.3 is 15.1 Å². The second-order valence-corrected chi connectivity index (χ2v) is 5.15. The van der Waals surface area contributed by atoms with E-state index in [-0.39, 0.29) is 11.9 Å². The number of nitrogens with zero attached hydrogens (tertiary/aromatic N) is 3. The molecule has 112 valence electrons. The van der Waals surface area contributed by atoms with Crippen LogP contribution in [0, 0.1) is 0 Å². The zero-order valence-electron chi connectivity index (χ0n) is 11.8. The molecule has 0 spiro atoms. The van der Waals surface area contributed by atoms with E-state index in [0.29, 0.717) is 12.4 Å². The fourth-order valence-electron chi connectivity index (χ4n) is 2.43. The predicted octanol–water partition coefficient (Wildman–Crippen LogP) is 2.28. The Hall–Kier alpha value is -1.50. The summed E-state index contributed by atoms with van der Waals surface area (Å²) in [5.41, 5.74) is -0.669. The van der Waals surface area contributed by atoms with Crippen LogP contribution >= 0.6 is 0 Å². The number of anilines is 2. The molecule has 0 radical (unpaired) electrons. The molecule has 1 aliphatic heterocycles. The van der Waals surface area contributed by atoms with Crippen LogP contribution in [0.25, 0.3) is 0 Å². The van der Waals surface area contributed by atoms with Gasteiger partial charge in [0.25, 0.3) is 0 Å². The Labute approximate surface area is 116 Å². The molecule has 2 rings (SSSR count). The Morgan fingerprint density at radius 2 is 2.00 bits per heavy atom. The quantitative estimate of drug-likeness (QED) is 0.904. The summed E-state index contributed by atoms with van der Waals surface area (Å²) in [7, 11) is 3.58. The third-order valence-electron chi connectivity index (χ3n) is 3.52. The van der Waals surface area contributed by atoms with Crippen molar-refractivity contribution in [3.8, 4) is 0 Å². The van der Waals surface area contributed by atoms with Gasteiger partial charge in [-0.3, -0.25) is 0 Å². The lowest BCUT2D eigenvalue weighted by Crippen LogP contribution is -2.50. The van der Waals surface area contributed by atoms with E-state index in [4.69, 9.17) is 0 Å². The van der Waals surface area contributed by atoms with Crippen LogP contribution in [0.4, 0.5) is 24.8 Å². The van der Waals surface area contributed by atoms with E-state index in [1.807, 2.05) is 18.9 Å². The molecule has 1 saturated heterocycles. The molecule has 20 heavy (non-hydrogen) atoms. The highest BCUT2D eigenvalue weighted by atomic mass is 19.4. The van der Waals surface area contributed by atoms with Gasteiger partial charge in [-0.1, -0.05) is 0 Å². The van der Waals surface area contributed by atoms with Crippen LogP contribution in [0.2, 0.25) is 0 Å². The van der Waals surface area contributed by atoms with E-state index in [9.17, 15) is 13.2 Å². The molecule has 4 nitrogen and oxygen atoms in total. The lowest BCUT2D eigenvalue weighted by molar-refractivity contribution is -0.137. The number of likely N-dealkylation sites (N-methyl/N-ethyl adjacent to an activating group) is 1. The first-order valence-electron chi connectivity index (χ1n) is 6.53. The van der Waals surface area contributed by atoms with Gasteiger partial charge in [-0.05, 0) is 26.1 Å². The molecule has 1 aromatic heterocycles. The van der Waals surface area contributed by atoms with E-state index in [2.05, 4.69) is 15.2 Å². The Balaban J connectivity index is 2.36. The van der Waals surface area contributed by atoms with E-state index in [1.54, 1.807) is 7.05 Å². The molecular weight excluding hydrogens is 269 g/mol. The minimum atomic E-state index is -4.36. The van der Waals surface area contributed by atoms with Crippen molar-refractivity contribution in [2.45, 2.75) is 19.1 Å². The summed E-state index contributed by atoms with van der Waals surface area (Å²) < 4.78 is 38.8. The number of nitrogens with one attached hydrogen (secondary N) is 1. The molecule has 0 aliphatic carbocycles. The van der Waals surface area contributed by atoms with Gasteiger partial charge in [0.2, 0.25) is 0 Å². The van der Waals surface area contributed by atoms with Crippen molar-refractivity contribution in [2.75, 3.05) is 43.9 Å². The van der Waals surface area contributed by atoms with Gasteiger partial charge in [0, 0.05) is 32.7 Å². The number of piperazine rings is 1. The third kappa shape index (κ3) is 3.15. The average Bonchev–Trinajstić information content (AvgIpc) is 2.37. The van der Waals surface area contributed by atoms with Gasteiger partial charge in [0.05, 0.1) is 5.56 Å². The minimum absolute atomic E-state index is 0.134. The average molecular weight is 288 g/mol. The number of hydrogen-bond donors (Lipinski definition) is 1. The highest BCUT2D eigenvalue weighted by Gasteiger charge is 2.33. The van der Waals surface area contributed by atoms with Crippen molar-refractivity contribution in [2.24, 2.45) is 0 Å². The molecule has 0 bridgehead atoms. The van der Waals surface area contributed by atoms with Crippen molar-refractivity contribution < 1.29 is 13.2 Å². The predicted molar refractivity (Wildman–Crippen MR) is 73.1 cm³/mol. The van der Waals surface area contributed by atoms with Crippen LogP contribution in [0.1, 0.15) is 12.5 Å². The van der Waals surface area contributed by atoms with Crippen molar-refractivity contribution in [3.05, 3.63) is 17.7 Å². The van der Waals surface area contributed by atoms with E-state index in [0.717, 1.165) is 25.2 Å². The standard InChI is InChI=1S/C13H19F3N4/c1-9-8-19(3)4-5-20(9)12-7-10(13(14,15)16)6-11(17-2)18-12/h6-7,9H,4-5,8H2,1-3H3,(H,17,18). The van der Waals surface area contributed by atoms with Crippen molar-refractivity contribution >= 4 is 11.6 Å². The lowest BCUT2D eigenvalue weighted by atomic mass is 10.1. The Bertz CT molecular complexity index is 475. The van der Waals surface area contributed by atoms with Crippen LogP contribution in [-0.2, 0) is 6.18 Å². The summed E-state index contributed by atoms with van der Waals surface area (Å²) in [4.78, 5) is 8.35. The molecule has 2 heterocycles. The second-order valence-electron chi connectivity index (χ2n) is 5.15. The number of aromatic nitrogens is 1. The molecule has 1 atom stereocenters. The van der Waals surface area contributed by atoms with Crippen LogP contribution in [-0.4, -0.2) is 49.7 Å². The van der Waals surface area contributed by atoms with Crippen LogP contribution < -0.4 is 10.2 Å². The summed E-state index contributed by atoms with van der Waals surface area (Å²) in [6.45, 7) is 4.30. The summed E-state index contributed by atoms with van der Waals surface area (Å²) in [6, 6.07) is 2.29. The van der Waals surface area contributed by atoms with Crippen LogP contribution in [0.15, 0.2) is 12.1 Å². The normalized spacial score (nSPS) is 21.1. The monoisotopic (exact) mass is 288 g/mol. The fourth-order valence-corrected chi connectivity index (χ4v) is 2.43. The zero-order chi connectivity index (χ0) is 14.9. The number of pyridine rings is 1. The van der Waals surface area contributed by atoms with E-state index >= 15 is 0 Å². The summed E-state index contributed by atoms with van der Waals surface area (Å²) in [5.74, 6) is 0.616. The number of hydrogen-bond acceptors (Lipinski definition) is 4. The molecular formula is C13H19F3N4. The smallest absolute Gasteiger partial charge is 0.373 e. The second kappa shape index (κ2) is 5.47. The van der Waals surface area contributed by atoms with Gasteiger partial charge in [-0.2, -0.15) is 13.2 Å². The molecule has 1 fully saturated rings. The lowest BCUT2D eigenvalue weighted by Gasteiger charge is -2.39. The molecule has 0 aromatic carbocycles. The molecule has 1 aromatic rings.